The van der Waals surface area contributed by atoms with Crippen LogP contribution in [0, 0.1) is 0 Å². The van der Waals surface area contributed by atoms with Gasteiger partial charge in [0.2, 0.25) is 5.75 Å². The number of benzene rings is 3. The number of anilines is 2. The van der Waals surface area contributed by atoms with E-state index in [1.54, 1.807) is 17.0 Å². The number of carbonyl (C=O) groups excluding carboxylic acids is 1. The molecule has 0 bridgehead atoms. The third-order valence-electron chi connectivity index (χ3n) is 6.66. The highest BCUT2D eigenvalue weighted by molar-refractivity contribution is 7.80. The van der Waals surface area contributed by atoms with E-state index in [9.17, 15) is 4.79 Å². The van der Waals surface area contributed by atoms with Crippen LogP contribution >= 0.6 is 12.2 Å². The Bertz CT molecular complexity index is 1240. The van der Waals surface area contributed by atoms with Crippen molar-refractivity contribution in [1.29, 1.82) is 0 Å². The van der Waals surface area contributed by atoms with Gasteiger partial charge in [0.1, 0.15) is 6.54 Å². The van der Waals surface area contributed by atoms with E-state index in [1.165, 1.54) is 11.3 Å². The molecule has 3 aromatic rings. The van der Waals surface area contributed by atoms with Crippen LogP contribution in [0.5, 0.6) is 17.2 Å². The first-order valence-electron chi connectivity index (χ1n) is 13.9. The maximum absolute atomic E-state index is 13.0. The molecule has 0 aromatic heterocycles. The van der Waals surface area contributed by atoms with Gasteiger partial charge in [0.15, 0.2) is 16.6 Å². The Labute approximate surface area is 242 Å². The molecule has 3 aromatic carbocycles. The van der Waals surface area contributed by atoms with Crippen molar-refractivity contribution in [2.45, 2.75) is 27.3 Å². The second kappa shape index (κ2) is 14.5. The van der Waals surface area contributed by atoms with Gasteiger partial charge in [0, 0.05) is 22.5 Å². The smallest absolute Gasteiger partial charge is 0.257 e. The summed E-state index contributed by atoms with van der Waals surface area (Å²) in [5.41, 5.74) is 3.74. The fourth-order valence-electron chi connectivity index (χ4n) is 4.76. The fourth-order valence-corrected chi connectivity index (χ4v) is 4.97. The molecule has 0 saturated carbocycles. The minimum atomic E-state index is -0.366. The molecule has 0 radical (unpaired) electrons. The van der Waals surface area contributed by atoms with Crippen molar-refractivity contribution in [3.05, 3.63) is 77.9 Å². The first-order valence-corrected chi connectivity index (χ1v) is 14.3. The molecule has 1 heterocycles. The lowest BCUT2D eigenvalue weighted by molar-refractivity contribution is -0.914. The Balaban J connectivity index is 1.32. The molecule has 1 aliphatic rings. The zero-order valence-corrected chi connectivity index (χ0v) is 24.3. The molecular weight excluding hydrogens is 524 g/mol. The number of nitrogens with zero attached hydrogens (tertiary/aromatic N) is 1. The average Bonchev–Trinajstić information content (AvgIpc) is 2.96. The molecule has 3 N–H and O–H groups in total. The van der Waals surface area contributed by atoms with Gasteiger partial charge < -0.3 is 29.3 Å². The van der Waals surface area contributed by atoms with Crippen LogP contribution in [-0.2, 0) is 6.54 Å². The first-order chi connectivity index (χ1) is 19.5. The Morgan fingerprint density at radius 2 is 1.48 bits per heavy atom. The fraction of sp³-hybridized carbons (Fsp3) is 0.355. The van der Waals surface area contributed by atoms with Crippen LogP contribution < -0.4 is 34.6 Å². The average molecular weight is 564 g/mol. The van der Waals surface area contributed by atoms with Crippen LogP contribution in [-0.4, -0.2) is 57.0 Å². The Hall–Kier alpha value is -3.82. The quantitative estimate of drug-likeness (QED) is 0.306. The Morgan fingerprint density at radius 1 is 0.875 bits per heavy atom. The van der Waals surface area contributed by atoms with Gasteiger partial charge in [0.05, 0.1) is 46.0 Å². The van der Waals surface area contributed by atoms with Gasteiger partial charge in [-0.1, -0.05) is 30.3 Å². The lowest BCUT2D eigenvalue weighted by atomic mass is 10.1. The van der Waals surface area contributed by atoms with E-state index in [4.69, 9.17) is 26.4 Å². The van der Waals surface area contributed by atoms with Crippen LogP contribution in [0.4, 0.5) is 11.4 Å². The van der Waals surface area contributed by atoms with Crippen LogP contribution in [0.2, 0.25) is 0 Å². The van der Waals surface area contributed by atoms with E-state index >= 15 is 0 Å². The molecule has 40 heavy (non-hydrogen) atoms. The zero-order chi connectivity index (χ0) is 28.3. The van der Waals surface area contributed by atoms with Gasteiger partial charge in [0.25, 0.3) is 5.91 Å². The summed E-state index contributed by atoms with van der Waals surface area (Å²) in [6.07, 6.45) is 0. The largest absolute Gasteiger partial charge is 0.490 e. The number of rotatable bonds is 11. The van der Waals surface area contributed by atoms with E-state index in [0.29, 0.717) is 42.6 Å². The highest BCUT2D eigenvalue weighted by Gasteiger charge is 2.21. The molecule has 0 unspecified atom stereocenters. The predicted molar refractivity (Wildman–Crippen MR) is 163 cm³/mol. The standard InChI is InChI=1S/C31H38N4O4S/c1-4-37-27-20-24(21-28(38-5-2)29(27)39-6-3)30(36)33-31(40)32-25-12-14-26(15-13-25)35-18-16-34(17-19-35)22-23-10-8-7-9-11-23/h7-15,20-21H,4-6,16-19,22H2,1-3H3,(H2,32,33,36,40)/p+1. The summed E-state index contributed by atoms with van der Waals surface area (Å²) >= 11 is 5.43. The topological polar surface area (TPSA) is 76.5 Å². The van der Waals surface area contributed by atoms with Crippen LogP contribution in [0.3, 0.4) is 0 Å². The number of amides is 1. The summed E-state index contributed by atoms with van der Waals surface area (Å²) in [5.74, 6) is 1.03. The summed E-state index contributed by atoms with van der Waals surface area (Å²) < 4.78 is 17.2. The number of carbonyl (C=O) groups is 1. The van der Waals surface area contributed by atoms with Crippen molar-refractivity contribution in [2.75, 3.05) is 56.2 Å². The molecule has 0 atom stereocenters. The number of ether oxygens (including phenoxy) is 3. The molecule has 0 aliphatic carbocycles. The predicted octanol–water partition coefficient (Wildman–Crippen LogP) is 3.91. The van der Waals surface area contributed by atoms with Gasteiger partial charge in [-0.3, -0.25) is 10.1 Å². The molecule has 1 fully saturated rings. The summed E-state index contributed by atoms with van der Waals surface area (Å²) in [5, 5.41) is 6.07. The normalized spacial score (nSPS) is 13.4. The summed E-state index contributed by atoms with van der Waals surface area (Å²) in [7, 11) is 0. The van der Waals surface area contributed by atoms with Gasteiger partial charge in [-0.15, -0.1) is 0 Å². The van der Waals surface area contributed by atoms with Crippen molar-refractivity contribution >= 4 is 34.6 Å². The zero-order valence-electron chi connectivity index (χ0n) is 23.5. The van der Waals surface area contributed by atoms with Crippen molar-refractivity contribution in [3.63, 3.8) is 0 Å². The van der Waals surface area contributed by atoms with Crippen molar-refractivity contribution in [2.24, 2.45) is 0 Å². The highest BCUT2D eigenvalue weighted by Crippen LogP contribution is 2.39. The van der Waals surface area contributed by atoms with Crippen LogP contribution in [0.1, 0.15) is 36.7 Å². The number of quaternary nitrogens is 1. The minimum absolute atomic E-state index is 0.209. The SMILES string of the molecule is CCOc1cc(C(=O)NC(=S)Nc2ccc(N3CC[NH+](Cc4ccccc4)CC3)cc2)cc(OCC)c1OCC. The highest BCUT2D eigenvalue weighted by atomic mass is 32.1. The lowest BCUT2D eigenvalue weighted by Crippen LogP contribution is -3.13. The molecular formula is C31H39N4O4S+. The number of hydrogen-bond acceptors (Lipinski definition) is 6. The molecule has 0 spiro atoms. The van der Waals surface area contributed by atoms with Crippen molar-refractivity contribution in [1.82, 2.24) is 5.32 Å². The molecule has 212 valence electrons. The van der Waals surface area contributed by atoms with Gasteiger partial charge >= 0.3 is 0 Å². The first kappa shape index (κ1) is 29.2. The maximum Gasteiger partial charge on any atom is 0.257 e. The third-order valence-corrected chi connectivity index (χ3v) is 6.86. The van der Waals surface area contributed by atoms with Gasteiger partial charge in [-0.25, -0.2) is 0 Å². The lowest BCUT2D eigenvalue weighted by Gasteiger charge is -2.33. The van der Waals surface area contributed by atoms with Crippen LogP contribution in [0.25, 0.3) is 0 Å². The molecule has 9 heteroatoms. The van der Waals surface area contributed by atoms with Crippen molar-refractivity contribution in [3.8, 4) is 17.2 Å². The van der Waals surface area contributed by atoms with E-state index in [1.807, 2.05) is 32.9 Å². The van der Waals surface area contributed by atoms with Crippen molar-refractivity contribution < 1.29 is 23.9 Å². The third kappa shape index (κ3) is 7.86. The van der Waals surface area contributed by atoms with E-state index in [2.05, 4.69) is 58.0 Å². The second-order valence-electron chi connectivity index (χ2n) is 9.46. The maximum atomic E-state index is 13.0. The monoisotopic (exact) mass is 563 g/mol. The van der Waals surface area contributed by atoms with E-state index in [0.717, 1.165) is 38.4 Å². The number of nitrogens with one attached hydrogen (secondary N) is 3. The van der Waals surface area contributed by atoms with Gasteiger partial charge in [-0.2, -0.15) is 0 Å². The second-order valence-corrected chi connectivity index (χ2v) is 9.86. The summed E-state index contributed by atoms with van der Waals surface area (Å²) in [6.45, 7) is 12.2. The number of hydrogen-bond donors (Lipinski definition) is 3. The summed E-state index contributed by atoms with van der Waals surface area (Å²) in [6, 6.07) is 22.1. The Morgan fingerprint density at radius 3 is 2.05 bits per heavy atom. The van der Waals surface area contributed by atoms with Crippen LogP contribution in [0.15, 0.2) is 66.7 Å². The molecule has 1 amide bonds. The number of thiocarbonyl (C=S) groups is 1. The minimum Gasteiger partial charge on any atom is -0.490 e. The Kier molecular flexibility index (Phi) is 10.6. The molecule has 8 nitrogen and oxygen atoms in total. The van der Waals surface area contributed by atoms with E-state index in [-0.39, 0.29) is 11.0 Å². The summed E-state index contributed by atoms with van der Waals surface area (Å²) in [4.78, 5) is 17.1. The van der Waals surface area contributed by atoms with E-state index < -0.39 is 0 Å². The van der Waals surface area contributed by atoms with Gasteiger partial charge in [-0.05, 0) is 69.4 Å². The molecule has 4 rings (SSSR count). The number of piperazine rings is 1. The molecule has 1 saturated heterocycles. The molecule has 1 aliphatic heterocycles.